The minimum absolute atomic E-state index is 0. The van der Waals surface area contributed by atoms with Gasteiger partial charge in [-0.3, -0.25) is 4.79 Å². The molecular weight excluding hydrogens is 517 g/mol. The second-order valence-electron chi connectivity index (χ2n) is 6.85. The third kappa shape index (κ3) is 7.34. The molecule has 1 heterocycles. The Hall–Kier alpha value is -2.43. The summed E-state index contributed by atoms with van der Waals surface area (Å²) in [6, 6.07) is 14.5. The number of ether oxygens (including phenoxy) is 1. The second-order valence-corrected chi connectivity index (χ2v) is 6.85. The van der Waals surface area contributed by atoms with Crippen LogP contribution in [0.3, 0.4) is 0 Å². The zero-order chi connectivity index (χ0) is 21.3. The van der Waals surface area contributed by atoms with E-state index in [0.29, 0.717) is 37.6 Å². The fraction of sp³-hybridized carbons (Fsp3) is 0.364. The Balaban J connectivity index is 0.00000341. The molecule has 1 fully saturated rings. The van der Waals surface area contributed by atoms with E-state index < -0.39 is 6.61 Å². The van der Waals surface area contributed by atoms with E-state index in [0.717, 1.165) is 24.2 Å². The van der Waals surface area contributed by atoms with Crippen molar-refractivity contribution >= 4 is 41.5 Å². The summed E-state index contributed by atoms with van der Waals surface area (Å²) in [6.07, 6.45) is 1.50. The molecule has 0 unspecified atom stereocenters. The Morgan fingerprint density at radius 2 is 1.90 bits per heavy atom. The first-order valence-electron chi connectivity index (χ1n) is 10.0. The fourth-order valence-electron chi connectivity index (χ4n) is 3.25. The lowest BCUT2D eigenvalue weighted by Crippen LogP contribution is -2.36. The van der Waals surface area contributed by atoms with Gasteiger partial charge in [0.2, 0.25) is 5.91 Å². The van der Waals surface area contributed by atoms with Crippen LogP contribution in [0, 0.1) is 0 Å². The van der Waals surface area contributed by atoms with E-state index in [2.05, 4.69) is 20.4 Å². The molecule has 1 aliphatic rings. The van der Waals surface area contributed by atoms with E-state index in [4.69, 9.17) is 0 Å². The number of halogens is 3. The SMILES string of the molecule is CCNC(=NCc1ccc(N2CCCC2=O)cc1)NCc1ccccc1OC(F)F.I. The molecule has 2 aromatic carbocycles. The topological polar surface area (TPSA) is 66.0 Å². The molecule has 1 aliphatic heterocycles. The van der Waals surface area contributed by atoms with Crippen LogP contribution < -0.4 is 20.3 Å². The molecule has 168 valence electrons. The van der Waals surface area contributed by atoms with Crippen molar-refractivity contribution < 1.29 is 18.3 Å². The Labute approximate surface area is 198 Å². The van der Waals surface area contributed by atoms with Gasteiger partial charge in [-0.2, -0.15) is 8.78 Å². The summed E-state index contributed by atoms with van der Waals surface area (Å²) in [5.74, 6) is 0.876. The van der Waals surface area contributed by atoms with Gasteiger partial charge < -0.3 is 20.3 Å². The van der Waals surface area contributed by atoms with Crippen LogP contribution in [0.4, 0.5) is 14.5 Å². The van der Waals surface area contributed by atoms with Gasteiger partial charge in [-0.15, -0.1) is 24.0 Å². The number of rotatable bonds is 8. The molecule has 0 atom stereocenters. The molecule has 0 spiro atoms. The third-order valence-corrected chi connectivity index (χ3v) is 4.72. The van der Waals surface area contributed by atoms with E-state index in [-0.39, 0.29) is 35.6 Å². The highest BCUT2D eigenvalue weighted by Crippen LogP contribution is 2.22. The van der Waals surface area contributed by atoms with Gasteiger partial charge in [0.1, 0.15) is 5.75 Å². The van der Waals surface area contributed by atoms with E-state index in [9.17, 15) is 13.6 Å². The number of benzene rings is 2. The lowest BCUT2D eigenvalue weighted by molar-refractivity contribution is -0.117. The molecule has 3 rings (SSSR count). The van der Waals surface area contributed by atoms with Crippen molar-refractivity contribution in [3.05, 3.63) is 59.7 Å². The van der Waals surface area contributed by atoms with Crippen LogP contribution in [-0.4, -0.2) is 31.6 Å². The van der Waals surface area contributed by atoms with Crippen LogP contribution in [0.2, 0.25) is 0 Å². The number of nitrogens with one attached hydrogen (secondary N) is 2. The number of amides is 1. The first kappa shape index (κ1) is 24.8. The first-order chi connectivity index (χ1) is 14.6. The van der Waals surface area contributed by atoms with E-state index in [1.807, 2.05) is 31.2 Å². The number of guanidine groups is 1. The highest BCUT2D eigenvalue weighted by atomic mass is 127. The molecule has 9 heteroatoms. The largest absolute Gasteiger partial charge is 0.434 e. The summed E-state index contributed by atoms with van der Waals surface area (Å²) in [5.41, 5.74) is 2.53. The molecule has 1 saturated heterocycles. The summed E-state index contributed by atoms with van der Waals surface area (Å²) < 4.78 is 29.7. The first-order valence-corrected chi connectivity index (χ1v) is 10.0. The number of aliphatic imine (C=N–C) groups is 1. The average Bonchev–Trinajstić information content (AvgIpc) is 3.17. The smallest absolute Gasteiger partial charge is 0.387 e. The second kappa shape index (κ2) is 12.4. The molecule has 0 aromatic heterocycles. The molecule has 6 nitrogen and oxygen atoms in total. The van der Waals surface area contributed by atoms with Crippen LogP contribution in [0.5, 0.6) is 5.75 Å². The average molecular weight is 544 g/mol. The van der Waals surface area contributed by atoms with Crippen molar-refractivity contribution in [1.82, 2.24) is 10.6 Å². The highest BCUT2D eigenvalue weighted by Gasteiger charge is 2.21. The number of anilines is 1. The number of para-hydroxylation sites is 1. The highest BCUT2D eigenvalue weighted by molar-refractivity contribution is 14.0. The van der Waals surface area contributed by atoms with Gasteiger partial charge in [-0.1, -0.05) is 30.3 Å². The Kier molecular flexibility index (Phi) is 9.96. The molecule has 2 N–H and O–H groups in total. The molecular formula is C22H27F2IN4O2. The molecule has 0 radical (unpaired) electrons. The van der Waals surface area contributed by atoms with Crippen molar-refractivity contribution in [1.29, 1.82) is 0 Å². The minimum Gasteiger partial charge on any atom is -0.434 e. The van der Waals surface area contributed by atoms with Crippen LogP contribution >= 0.6 is 24.0 Å². The van der Waals surface area contributed by atoms with Crippen molar-refractivity contribution in [3.8, 4) is 5.75 Å². The monoisotopic (exact) mass is 544 g/mol. The molecule has 0 aliphatic carbocycles. The van der Waals surface area contributed by atoms with Crippen LogP contribution in [0.1, 0.15) is 30.9 Å². The van der Waals surface area contributed by atoms with Crippen molar-refractivity contribution in [2.75, 3.05) is 18.0 Å². The molecule has 2 aromatic rings. The van der Waals surface area contributed by atoms with E-state index in [1.54, 1.807) is 23.1 Å². The Morgan fingerprint density at radius 1 is 1.16 bits per heavy atom. The third-order valence-electron chi connectivity index (χ3n) is 4.72. The summed E-state index contributed by atoms with van der Waals surface area (Å²) in [7, 11) is 0. The molecule has 0 bridgehead atoms. The summed E-state index contributed by atoms with van der Waals surface area (Å²) >= 11 is 0. The van der Waals surface area contributed by atoms with Gasteiger partial charge in [0.25, 0.3) is 0 Å². The predicted octanol–water partition coefficient (Wildman–Crippen LogP) is 4.29. The summed E-state index contributed by atoms with van der Waals surface area (Å²) in [6.45, 7) is 1.25. The maximum atomic E-state index is 12.6. The van der Waals surface area contributed by atoms with Crippen LogP contribution in [-0.2, 0) is 17.9 Å². The van der Waals surface area contributed by atoms with Gasteiger partial charge in [0.15, 0.2) is 5.96 Å². The zero-order valence-electron chi connectivity index (χ0n) is 17.3. The van der Waals surface area contributed by atoms with Crippen LogP contribution in [0.25, 0.3) is 0 Å². The van der Waals surface area contributed by atoms with E-state index in [1.165, 1.54) is 6.07 Å². The predicted molar refractivity (Wildman–Crippen MR) is 128 cm³/mol. The number of carbonyl (C=O) groups is 1. The van der Waals surface area contributed by atoms with Gasteiger partial charge in [-0.05, 0) is 37.1 Å². The lowest BCUT2D eigenvalue weighted by atomic mass is 10.2. The van der Waals surface area contributed by atoms with Crippen LogP contribution in [0.15, 0.2) is 53.5 Å². The van der Waals surface area contributed by atoms with Gasteiger partial charge in [0, 0.05) is 37.3 Å². The number of nitrogens with zero attached hydrogens (tertiary/aromatic N) is 2. The molecule has 31 heavy (non-hydrogen) atoms. The Bertz CT molecular complexity index is 878. The molecule has 1 amide bonds. The standard InChI is InChI=1S/C22H26F2N4O2.HI/c1-2-25-22(27-15-17-6-3-4-7-19(17)30-21(23)24)26-14-16-9-11-18(12-10-16)28-13-5-8-20(28)29;/h3-4,6-7,9-12,21H,2,5,8,13-15H2,1H3,(H2,25,26,27);1H. The lowest BCUT2D eigenvalue weighted by Gasteiger charge is -2.16. The van der Waals surface area contributed by atoms with E-state index >= 15 is 0 Å². The van der Waals surface area contributed by atoms with Gasteiger partial charge >= 0.3 is 6.61 Å². The summed E-state index contributed by atoms with van der Waals surface area (Å²) in [4.78, 5) is 18.2. The van der Waals surface area contributed by atoms with Gasteiger partial charge in [-0.25, -0.2) is 4.99 Å². The van der Waals surface area contributed by atoms with Crippen molar-refractivity contribution in [2.24, 2.45) is 4.99 Å². The van der Waals surface area contributed by atoms with Crippen molar-refractivity contribution in [3.63, 3.8) is 0 Å². The molecule has 0 saturated carbocycles. The Morgan fingerprint density at radius 3 is 2.55 bits per heavy atom. The normalized spacial score (nSPS) is 13.9. The van der Waals surface area contributed by atoms with Gasteiger partial charge in [0.05, 0.1) is 6.54 Å². The number of hydrogen-bond donors (Lipinski definition) is 2. The fourth-order valence-corrected chi connectivity index (χ4v) is 3.25. The number of carbonyl (C=O) groups excluding carboxylic acids is 1. The zero-order valence-corrected chi connectivity index (χ0v) is 19.6. The number of alkyl halides is 2. The number of hydrogen-bond acceptors (Lipinski definition) is 3. The maximum Gasteiger partial charge on any atom is 0.387 e. The maximum absolute atomic E-state index is 12.6. The quantitative estimate of drug-likeness (QED) is 0.296. The van der Waals surface area contributed by atoms with Crippen molar-refractivity contribution in [2.45, 2.75) is 39.5 Å². The summed E-state index contributed by atoms with van der Waals surface area (Å²) in [5, 5.41) is 6.29. The minimum atomic E-state index is -2.87.